The number of hydrogen-bond acceptors (Lipinski definition) is 2. The predicted molar refractivity (Wildman–Crippen MR) is 56.4 cm³/mol. The van der Waals surface area contributed by atoms with Crippen molar-refractivity contribution >= 4 is 12.2 Å². The molecule has 0 unspecified atom stereocenters. The first-order valence-electron chi connectivity index (χ1n) is 4.43. The summed E-state index contributed by atoms with van der Waals surface area (Å²) < 4.78 is 2.04. The van der Waals surface area contributed by atoms with Crippen molar-refractivity contribution in [1.82, 2.24) is 14.5 Å². The first kappa shape index (κ1) is 8.69. The summed E-state index contributed by atoms with van der Waals surface area (Å²) in [5.74, 6) is 0.730. The summed E-state index contributed by atoms with van der Waals surface area (Å²) in [5, 5.41) is 0. The molecular formula is C11H11N3. The second kappa shape index (κ2) is 3.87. The van der Waals surface area contributed by atoms with Gasteiger partial charge in [-0.3, -0.25) is 0 Å². The zero-order chi connectivity index (χ0) is 9.80. The van der Waals surface area contributed by atoms with Gasteiger partial charge in [-0.25, -0.2) is 9.97 Å². The van der Waals surface area contributed by atoms with Crippen molar-refractivity contribution in [3.8, 4) is 0 Å². The van der Waals surface area contributed by atoms with Crippen LogP contribution >= 0.6 is 0 Å². The highest BCUT2D eigenvalue weighted by atomic mass is 14.9. The Labute approximate surface area is 82.8 Å². The molecule has 0 atom stereocenters. The third-order valence-electron chi connectivity index (χ3n) is 1.97. The molecule has 2 rings (SSSR count). The molecule has 3 nitrogen and oxygen atoms in total. The Balaban J connectivity index is 2.20. The van der Waals surface area contributed by atoms with E-state index in [0.29, 0.717) is 0 Å². The molecule has 0 aliphatic carbocycles. The molecular weight excluding hydrogens is 174 g/mol. The van der Waals surface area contributed by atoms with E-state index in [1.54, 1.807) is 18.5 Å². The van der Waals surface area contributed by atoms with Gasteiger partial charge in [0.25, 0.3) is 0 Å². The van der Waals surface area contributed by atoms with Crippen LogP contribution in [0, 0.1) is 0 Å². The van der Waals surface area contributed by atoms with E-state index < -0.39 is 0 Å². The molecule has 0 radical (unpaired) electrons. The molecule has 0 aliphatic heterocycles. The number of nitrogens with zero attached hydrogens (tertiary/aromatic N) is 3. The van der Waals surface area contributed by atoms with Crippen LogP contribution in [0.15, 0.2) is 36.8 Å². The molecule has 0 aliphatic rings. The lowest BCUT2D eigenvalue weighted by Crippen LogP contribution is -1.88. The van der Waals surface area contributed by atoms with Crippen LogP contribution < -0.4 is 0 Å². The predicted octanol–water partition coefficient (Wildman–Crippen LogP) is 1.99. The van der Waals surface area contributed by atoms with Gasteiger partial charge in [0.05, 0.1) is 0 Å². The van der Waals surface area contributed by atoms with Gasteiger partial charge in [-0.2, -0.15) is 0 Å². The van der Waals surface area contributed by atoms with Crippen molar-refractivity contribution in [3.63, 3.8) is 0 Å². The van der Waals surface area contributed by atoms with Crippen molar-refractivity contribution < 1.29 is 0 Å². The van der Waals surface area contributed by atoms with Crippen LogP contribution in [0.5, 0.6) is 0 Å². The van der Waals surface area contributed by atoms with Crippen molar-refractivity contribution in [1.29, 1.82) is 0 Å². The largest absolute Gasteiger partial charge is 0.351 e. The number of rotatable bonds is 2. The minimum atomic E-state index is 0.730. The number of hydrogen-bond donors (Lipinski definition) is 0. The fourth-order valence-corrected chi connectivity index (χ4v) is 1.20. The molecule has 0 saturated heterocycles. The van der Waals surface area contributed by atoms with Gasteiger partial charge < -0.3 is 4.57 Å². The summed E-state index contributed by atoms with van der Waals surface area (Å²) in [5.41, 5.74) is 1.14. The Morgan fingerprint density at radius 3 is 2.57 bits per heavy atom. The fraction of sp³-hybridized carbons (Fsp3) is 0.0909. The quantitative estimate of drug-likeness (QED) is 0.716. The molecule has 0 bridgehead atoms. The van der Waals surface area contributed by atoms with Crippen molar-refractivity contribution in [2.75, 3.05) is 0 Å². The maximum atomic E-state index is 4.10. The van der Waals surface area contributed by atoms with Crippen molar-refractivity contribution in [2.24, 2.45) is 7.05 Å². The monoisotopic (exact) mass is 185 g/mol. The Morgan fingerprint density at radius 1 is 1.14 bits per heavy atom. The average molecular weight is 185 g/mol. The van der Waals surface area contributed by atoms with E-state index in [4.69, 9.17) is 0 Å². The number of aryl methyl sites for hydroxylation is 1. The normalized spacial score (nSPS) is 10.9. The van der Waals surface area contributed by atoms with Crippen LogP contribution in [-0.2, 0) is 7.05 Å². The summed E-state index contributed by atoms with van der Waals surface area (Å²) in [7, 11) is 2.01. The van der Waals surface area contributed by atoms with Gasteiger partial charge in [0.1, 0.15) is 0 Å². The summed E-state index contributed by atoms with van der Waals surface area (Å²) in [6.45, 7) is 0. The Kier molecular flexibility index (Phi) is 2.40. The Bertz CT molecular complexity index is 429. The molecule has 3 heteroatoms. The highest BCUT2D eigenvalue weighted by molar-refractivity contribution is 5.64. The van der Waals surface area contributed by atoms with Crippen molar-refractivity contribution in [3.05, 3.63) is 48.3 Å². The van der Waals surface area contributed by atoms with Crippen LogP contribution in [0.2, 0.25) is 0 Å². The Hall–Kier alpha value is -1.90. The molecule has 0 amide bonds. The van der Waals surface area contributed by atoms with Crippen LogP contribution in [0.25, 0.3) is 12.2 Å². The average Bonchev–Trinajstić information content (AvgIpc) is 2.63. The molecule has 0 spiro atoms. The van der Waals surface area contributed by atoms with Crippen LogP contribution in [0.4, 0.5) is 0 Å². The molecule has 2 aromatic heterocycles. The standard InChI is InChI=1S/C11H11N3/c1-14-9-2-4-10(14)5-6-11-12-7-3-8-13-11/h2-9H,1H3/b6-5+. The maximum absolute atomic E-state index is 4.10. The Morgan fingerprint density at radius 2 is 1.93 bits per heavy atom. The van der Waals surface area contributed by atoms with Gasteiger partial charge in [-0.15, -0.1) is 0 Å². The smallest absolute Gasteiger partial charge is 0.151 e. The van der Waals surface area contributed by atoms with Gasteiger partial charge in [-0.1, -0.05) is 0 Å². The first-order valence-corrected chi connectivity index (χ1v) is 4.43. The van der Waals surface area contributed by atoms with E-state index in [9.17, 15) is 0 Å². The number of aromatic nitrogens is 3. The fourth-order valence-electron chi connectivity index (χ4n) is 1.20. The van der Waals surface area contributed by atoms with E-state index >= 15 is 0 Å². The lowest BCUT2D eigenvalue weighted by Gasteiger charge is -1.94. The minimum Gasteiger partial charge on any atom is -0.351 e. The third kappa shape index (κ3) is 1.88. The third-order valence-corrected chi connectivity index (χ3v) is 1.97. The molecule has 0 N–H and O–H groups in total. The first-order chi connectivity index (χ1) is 6.86. The highest BCUT2D eigenvalue weighted by Crippen LogP contribution is 2.04. The minimum absolute atomic E-state index is 0.730. The molecule has 0 aromatic carbocycles. The summed E-state index contributed by atoms with van der Waals surface area (Å²) >= 11 is 0. The van der Waals surface area contributed by atoms with Crippen LogP contribution in [-0.4, -0.2) is 14.5 Å². The highest BCUT2D eigenvalue weighted by Gasteiger charge is 1.91. The summed E-state index contributed by atoms with van der Waals surface area (Å²) in [6, 6.07) is 5.85. The summed E-state index contributed by atoms with van der Waals surface area (Å²) in [6.07, 6.45) is 9.37. The van der Waals surface area contributed by atoms with Crippen molar-refractivity contribution in [2.45, 2.75) is 0 Å². The van der Waals surface area contributed by atoms with Crippen LogP contribution in [0.3, 0.4) is 0 Å². The topological polar surface area (TPSA) is 30.7 Å². The molecule has 2 heterocycles. The molecule has 2 aromatic rings. The molecule has 0 fully saturated rings. The zero-order valence-electron chi connectivity index (χ0n) is 7.96. The van der Waals surface area contributed by atoms with Gasteiger partial charge in [0.2, 0.25) is 0 Å². The molecule has 70 valence electrons. The van der Waals surface area contributed by atoms with E-state index in [1.807, 2.05) is 42.1 Å². The lowest BCUT2D eigenvalue weighted by atomic mass is 10.3. The lowest BCUT2D eigenvalue weighted by molar-refractivity contribution is 0.915. The van der Waals surface area contributed by atoms with Gasteiger partial charge in [0.15, 0.2) is 5.82 Å². The van der Waals surface area contributed by atoms with E-state index in [2.05, 4.69) is 9.97 Å². The van der Waals surface area contributed by atoms with E-state index in [0.717, 1.165) is 11.5 Å². The molecule has 14 heavy (non-hydrogen) atoms. The van der Waals surface area contributed by atoms with E-state index in [-0.39, 0.29) is 0 Å². The zero-order valence-corrected chi connectivity index (χ0v) is 7.96. The van der Waals surface area contributed by atoms with Gasteiger partial charge in [-0.05, 0) is 30.4 Å². The second-order valence-electron chi connectivity index (χ2n) is 2.98. The van der Waals surface area contributed by atoms with E-state index in [1.165, 1.54) is 0 Å². The molecule has 0 saturated carbocycles. The van der Waals surface area contributed by atoms with Crippen LogP contribution in [0.1, 0.15) is 11.5 Å². The van der Waals surface area contributed by atoms with Gasteiger partial charge in [0, 0.05) is 31.3 Å². The second-order valence-corrected chi connectivity index (χ2v) is 2.98. The van der Waals surface area contributed by atoms with Gasteiger partial charge >= 0.3 is 0 Å². The summed E-state index contributed by atoms with van der Waals surface area (Å²) in [4.78, 5) is 8.20. The maximum Gasteiger partial charge on any atom is 0.151 e. The SMILES string of the molecule is Cn1cccc1/C=C/c1ncccn1.